The van der Waals surface area contributed by atoms with Gasteiger partial charge in [0.15, 0.2) is 17.2 Å². The summed E-state index contributed by atoms with van der Waals surface area (Å²) in [6.07, 6.45) is 7.86. The van der Waals surface area contributed by atoms with Crippen LogP contribution in [-0.4, -0.2) is 40.5 Å². The Kier molecular flexibility index (Phi) is 6.95. The van der Waals surface area contributed by atoms with Gasteiger partial charge in [-0.15, -0.1) is 0 Å². The van der Waals surface area contributed by atoms with Gasteiger partial charge in [-0.1, -0.05) is 41.9 Å². The lowest BCUT2D eigenvalue weighted by atomic mass is 9.63. The average Bonchev–Trinajstić information content (AvgIpc) is 3.66. The van der Waals surface area contributed by atoms with Gasteiger partial charge in [0.1, 0.15) is 23.9 Å². The molecule has 3 aliphatic carbocycles. The number of carbonyl (C=O) groups excluding carboxylic acids is 1. The Morgan fingerprint density at radius 1 is 1.09 bits per heavy atom. The van der Waals surface area contributed by atoms with Crippen LogP contribution in [0, 0.1) is 11.6 Å². The van der Waals surface area contributed by atoms with Crippen LogP contribution in [0.4, 0.5) is 8.78 Å². The number of fused-ring (bicyclic) bond motifs is 7. The molecular formula is C36H35ClF2N4O4. The second kappa shape index (κ2) is 10.8. The highest BCUT2D eigenvalue weighted by Gasteiger charge is 2.51. The Labute approximate surface area is 276 Å². The minimum atomic E-state index is -0.962. The summed E-state index contributed by atoms with van der Waals surface area (Å²) in [6.45, 7) is 0.455. The lowest BCUT2D eigenvalue weighted by Crippen LogP contribution is -2.60. The number of nitrogens with one attached hydrogen (secondary N) is 1. The van der Waals surface area contributed by atoms with E-state index in [2.05, 4.69) is 10.4 Å². The third kappa shape index (κ3) is 4.67. The van der Waals surface area contributed by atoms with E-state index in [1.54, 1.807) is 25.0 Å². The number of primary amides is 1. The summed E-state index contributed by atoms with van der Waals surface area (Å²) in [4.78, 5) is 13.0. The molecule has 11 heteroatoms. The Hall–Kier alpha value is -3.99. The van der Waals surface area contributed by atoms with E-state index in [-0.39, 0.29) is 57.4 Å². The number of hydrogen-bond acceptors (Lipinski definition) is 6. The van der Waals surface area contributed by atoms with Crippen LogP contribution in [0.25, 0.3) is 22.3 Å². The average molecular weight is 661 g/mol. The van der Waals surface area contributed by atoms with E-state index in [1.807, 2.05) is 30.3 Å². The first kappa shape index (κ1) is 30.4. The first-order valence-electron chi connectivity index (χ1n) is 15.9. The molecule has 47 heavy (non-hydrogen) atoms. The van der Waals surface area contributed by atoms with E-state index in [9.17, 15) is 4.79 Å². The monoisotopic (exact) mass is 660 g/mol. The molecule has 3 aromatic carbocycles. The predicted octanol–water partition coefficient (Wildman–Crippen LogP) is 6.59. The summed E-state index contributed by atoms with van der Waals surface area (Å²) in [5, 5.41) is 7.94. The summed E-state index contributed by atoms with van der Waals surface area (Å²) < 4.78 is 52.6. The van der Waals surface area contributed by atoms with Gasteiger partial charge in [0.25, 0.3) is 0 Å². The quantitative estimate of drug-likeness (QED) is 0.232. The molecule has 2 aliphatic heterocycles. The van der Waals surface area contributed by atoms with Crippen LogP contribution in [0.2, 0.25) is 5.02 Å². The van der Waals surface area contributed by atoms with Crippen molar-refractivity contribution in [2.45, 2.75) is 68.3 Å². The van der Waals surface area contributed by atoms with Crippen molar-refractivity contribution >= 4 is 17.5 Å². The van der Waals surface area contributed by atoms with Crippen LogP contribution < -0.4 is 20.5 Å². The number of ether oxygens (including phenoxy) is 3. The number of hydrogen-bond donors (Lipinski definition) is 2. The van der Waals surface area contributed by atoms with Crippen LogP contribution >= 0.6 is 11.6 Å². The lowest BCUT2D eigenvalue weighted by Gasteiger charge is -2.53. The van der Waals surface area contributed by atoms with Gasteiger partial charge in [-0.25, -0.2) is 8.78 Å². The van der Waals surface area contributed by atoms with Gasteiger partial charge in [-0.3, -0.25) is 9.48 Å². The fourth-order valence-corrected chi connectivity index (χ4v) is 8.54. The van der Waals surface area contributed by atoms with Gasteiger partial charge < -0.3 is 25.3 Å². The van der Waals surface area contributed by atoms with Crippen molar-refractivity contribution in [2.75, 3.05) is 13.7 Å². The first-order valence-corrected chi connectivity index (χ1v) is 16.3. The molecular weight excluding hydrogens is 626 g/mol. The van der Waals surface area contributed by atoms with Crippen LogP contribution in [0.1, 0.15) is 65.7 Å². The molecule has 1 aromatic heterocycles. The molecule has 0 radical (unpaired) electrons. The van der Waals surface area contributed by atoms with E-state index >= 15 is 8.78 Å². The number of halogens is 3. The van der Waals surface area contributed by atoms with Crippen molar-refractivity contribution in [1.29, 1.82) is 0 Å². The first-order chi connectivity index (χ1) is 22.6. The van der Waals surface area contributed by atoms with Crippen molar-refractivity contribution in [2.24, 2.45) is 12.8 Å². The molecule has 0 spiro atoms. The highest BCUT2D eigenvalue weighted by atomic mass is 35.5. The minimum absolute atomic E-state index is 0.0313. The number of aromatic nitrogens is 2. The molecule has 2 bridgehead atoms. The van der Waals surface area contributed by atoms with Gasteiger partial charge in [-0.05, 0) is 50.2 Å². The zero-order chi connectivity index (χ0) is 32.7. The van der Waals surface area contributed by atoms with E-state index < -0.39 is 23.1 Å². The second-order valence-corrected chi connectivity index (χ2v) is 13.9. The fraction of sp³-hybridized carbons (Fsp3) is 0.389. The van der Waals surface area contributed by atoms with Crippen LogP contribution in [0.3, 0.4) is 0 Å². The minimum Gasteiger partial charge on any atom is -0.483 e. The van der Waals surface area contributed by atoms with Crippen molar-refractivity contribution < 1.29 is 27.8 Å². The standard InChI is InChI=1S/C36H35ClF2N4O4/c1-43-17-24-21-14-22(33(40)44)29(31(39)32(21)46-18-26(24)42-43)28-23-16-36(20-6-4-3-5-7-20,47-27(23)15-25(38)30(28)37)19-41-34-8-11-35(45-2,12-9-34)13-10-34/h3-7,14-15,17,41H,8-13,16,18-19H2,1-2H3,(H2,40,44)/t34?,35?,36-/m1/s1. The topological polar surface area (TPSA) is 101 Å². The summed E-state index contributed by atoms with van der Waals surface area (Å²) in [5.41, 5.74) is 7.44. The number of nitrogens with zero attached hydrogens (tertiary/aromatic N) is 2. The largest absolute Gasteiger partial charge is 0.483 e. The van der Waals surface area contributed by atoms with Crippen molar-refractivity contribution in [3.05, 3.63) is 87.7 Å². The van der Waals surface area contributed by atoms with E-state index in [4.69, 9.17) is 31.5 Å². The third-order valence-electron chi connectivity index (χ3n) is 11.0. The fourth-order valence-electron chi connectivity index (χ4n) is 8.27. The van der Waals surface area contributed by atoms with Gasteiger partial charge in [0, 0.05) is 72.7 Å². The normalized spacial score (nSPS) is 25.5. The molecule has 1 atom stereocenters. The lowest BCUT2D eigenvalue weighted by molar-refractivity contribution is -0.103. The maximum atomic E-state index is 16.8. The van der Waals surface area contributed by atoms with Gasteiger partial charge in [-0.2, -0.15) is 5.10 Å². The SMILES string of the molecule is COC12CCC(NC[C@@]3(c4ccccc4)Cc4c(cc(F)c(Cl)c4-c4c(C(N)=O)cc5c(c4F)OCc4nn(C)cc4-5)O3)(CC1)CC2. The maximum Gasteiger partial charge on any atom is 0.249 e. The van der Waals surface area contributed by atoms with Gasteiger partial charge >= 0.3 is 0 Å². The summed E-state index contributed by atoms with van der Waals surface area (Å²) in [5.74, 6) is -2.37. The van der Waals surface area contributed by atoms with Gasteiger partial charge in [0.2, 0.25) is 5.91 Å². The molecule has 8 nitrogen and oxygen atoms in total. The molecule has 4 aromatic rings. The summed E-state index contributed by atoms with van der Waals surface area (Å²) in [7, 11) is 3.55. The predicted molar refractivity (Wildman–Crippen MR) is 172 cm³/mol. The number of amides is 1. The van der Waals surface area contributed by atoms with Crippen LogP contribution in [-0.2, 0) is 30.4 Å². The Balaban J connectivity index is 1.25. The molecule has 3 N–H and O–H groups in total. The molecule has 1 amide bonds. The summed E-state index contributed by atoms with van der Waals surface area (Å²) in [6, 6.07) is 12.5. The summed E-state index contributed by atoms with van der Waals surface area (Å²) >= 11 is 6.71. The maximum absolute atomic E-state index is 16.8. The van der Waals surface area contributed by atoms with Crippen LogP contribution in [0.5, 0.6) is 11.5 Å². The van der Waals surface area contributed by atoms with Crippen molar-refractivity contribution in [1.82, 2.24) is 15.1 Å². The smallest absolute Gasteiger partial charge is 0.249 e. The zero-order valence-corrected chi connectivity index (χ0v) is 27.0. The van der Waals surface area contributed by atoms with Crippen molar-refractivity contribution in [3.8, 4) is 33.8 Å². The Bertz CT molecular complexity index is 1920. The zero-order valence-electron chi connectivity index (χ0n) is 26.2. The molecule has 5 aliphatic rings. The third-order valence-corrected chi connectivity index (χ3v) is 11.4. The molecule has 0 unspecified atom stereocenters. The Morgan fingerprint density at radius 3 is 2.49 bits per heavy atom. The second-order valence-electron chi connectivity index (χ2n) is 13.5. The molecule has 3 fully saturated rings. The Morgan fingerprint density at radius 2 is 1.81 bits per heavy atom. The van der Waals surface area contributed by atoms with E-state index in [0.717, 1.165) is 44.1 Å². The molecule has 9 rings (SSSR count). The number of rotatable bonds is 7. The van der Waals surface area contributed by atoms with E-state index in [0.29, 0.717) is 28.9 Å². The molecule has 3 heterocycles. The highest BCUT2D eigenvalue weighted by molar-refractivity contribution is 6.34. The number of carbonyl (C=O) groups is 1. The molecule has 0 saturated heterocycles. The van der Waals surface area contributed by atoms with Gasteiger partial charge in [0.05, 0.1) is 16.2 Å². The number of aryl methyl sites for hydroxylation is 1. The number of nitrogens with two attached hydrogens (primary N) is 1. The highest BCUT2D eigenvalue weighted by Crippen LogP contribution is 2.54. The number of methoxy groups -OCH3 is 1. The molecule has 3 saturated carbocycles. The van der Waals surface area contributed by atoms with Crippen LogP contribution in [0.15, 0.2) is 48.7 Å². The molecule has 244 valence electrons. The number of benzene rings is 3. The van der Waals surface area contributed by atoms with E-state index in [1.165, 1.54) is 12.1 Å². The van der Waals surface area contributed by atoms with Crippen molar-refractivity contribution in [3.63, 3.8) is 0 Å².